The molecule has 1 unspecified atom stereocenters. The van der Waals surface area contributed by atoms with Crippen LogP contribution in [0.5, 0.6) is 0 Å². The third-order valence-electron chi connectivity index (χ3n) is 7.75. The maximum Gasteiger partial charge on any atom is 0.416 e. The SMILES string of the molecule is CC(C)[C@@H](NC(=O)c1cc(C(F)(F)F)ccc1F)C(=O)N1CCC2(CC1)CN(C)C(=O)C2c1ccccc1. The molecule has 6 nitrogen and oxygen atoms in total. The predicted octanol–water partition coefficient (Wildman–Crippen LogP) is 4.46. The molecule has 1 spiro atoms. The minimum atomic E-state index is -4.74. The summed E-state index contributed by atoms with van der Waals surface area (Å²) in [5.74, 6) is -3.23. The van der Waals surface area contributed by atoms with Gasteiger partial charge in [0.2, 0.25) is 11.8 Å². The second-order valence-corrected chi connectivity index (χ2v) is 10.6. The molecule has 1 N–H and O–H groups in total. The summed E-state index contributed by atoms with van der Waals surface area (Å²) in [4.78, 5) is 42.7. The van der Waals surface area contributed by atoms with E-state index in [2.05, 4.69) is 5.32 Å². The fourth-order valence-corrected chi connectivity index (χ4v) is 5.69. The molecule has 0 aromatic heterocycles. The number of likely N-dealkylation sites (tertiary alicyclic amines) is 2. The van der Waals surface area contributed by atoms with E-state index in [-0.39, 0.29) is 23.1 Å². The van der Waals surface area contributed by atoms with Gasteiger partial charge in [-0.3, -0.25) is 14.4 Å². The van der Waals surface area contributed by atoms with Crippen LogP contribution in [0.4, 0.5) is 17.6 Å². The maximum absolute atomic E-state index is 14.3. The van der Waals surface area contributed by atoms with E-state index in [0.29, 0.717) is 50.7 Å². The van der Waals surface area contributed by atoms with Gasteiger partial charge in [-0.2, -0.15) is 13.2 Å². The lowest BCUT2D eigenvalue weighted by molar-refractivity contribution is -0.138. The van der Waals surface area contributed by atoms with Gasteiger partial charge >= 0.3 is 6.18 Å². The maximum atomic E-state index is 14.3. The molecule has 10 heteroatoms. The molecule has 3 amide bonds. The van der Waals surface area contributed by atoms with Gasteiger partial charge in [-0.05, 0) is 42.5 Å². The molecule has 2 atom stereocenters. The van der Waals surface area contributed by atoms with Crippen molar-refractivity contribution in [3.63, 3.8) is 0 Å². The standard InChI is InChI=1S/C28H31F4N3O3/c1-17(2)23(33-24(36)20-15-19(28(30,31)32)9-10-21(20)29)26(38)35-13-11-27(12-14-35)16-34(3)25(37)22(27)18-7-5-4-6-8-18/h4-10,15,17,22-23H,11-14,16H2,1-3H3,(H,33,36)/t22?,23-/m1/s1. The minimum absolute atomic E-state index is 0.0476. The minimum Gasteiger partial charge on any atom is -0.345 e. The lowest BCUT2D eigenvalue weighted by Gasteiger charge is -2.43. The molecule has 38 heavy (non-hydrogen) atoms. The number of piperidine rings is 1. The molecule has 0 bridgehead atoms. The molecule has 2 fully saturated rings. The highest BCUT2D eigenvalue weighted by Crippen LogP contribution is 2.50. The Kier molecular flexibility index (Phi) is 7.54. The molecule has 204 valence electrons. The highest BCUT2D eigenvalue weighted by atomic mass is 19.4. The van der Waals surface area contributed by atoms with Crippen LogP contribution in [0.1, 0.15) is 54.1 Å². The van der Waals surface area contributed by atoms with Gasteiger partial charge in [0.05, 0.1) is 17.0 Å². The summed E-state index contributed by atoms with van der Waals surface area (Å²) in [7, 11) is 1.78. The zero-order valence-electron chi connectivity index (χ0n) is 21.5. The number of nitrogens with one attached hydrogen (secondary N) is 1. The highest BCUT2D eigenvalue weighted by molar-refractivity contribution is 5.98. The zero-order valence-corrected chi connectivity index (χ0v) is 21.5. The number of halogens is 4. The number of carbonyl (C=O) groups is 3. The Balaban J connectivity index is 1.49. The average Bonchev–Trinajstić information content (AvgIpc) is 3.11. The number of hydrogen-bond donors (Lipinski definition) is 1. The molecule has 4 rings (SSSR count). The topological polar surface area (TPSA) is 69.7 Å². The number of carbonyl (C=O) groups excluding carboxylic acids is 3. The highest BCUT2D eigenvalue weighted by Gasteiger charge is 2.53. The summed E-state index contributed by atoms with van der Waals surface area (Å²) in [6.07, 6.45) is -3.59. The van der Waals surface area contributed by atoms with E-state index in [1.54, 1.807) is 30.7 Å². The van der Waals surface area contributed by atoms with Crippen molar-refractivity contribution >= 4 is 17.7 Å². The van der Waals surface area contributed by atoms with Crippen LogP contribution in [0.15, 0.2) is 48.5 Å². The van der Waals surface area contributed by atoms with E-state index in [9.17, 15) is 31.9 Å². The lowest BCUT2D eigenvalue weighted by Crippen LogP contribution is -2.54. The largest absolute Gasteiger partial charge is 0.416 e. The molecule has 2 aliphatic rings. The van der Waals surface area contributed by atoms with Crippen LogP contribution in [0.3, 0.4) is 0 Å². The first-order chi connectivity index (χ1) is 17.8. The van der Waals surface area contributed by atoms with Gasteiger partial charge in [0.25, 0.3) is 5.91 Å². The van der Waals surface area contributed by atoms with Crippen LogP contribution < -0.4 is 5.32 Å². The number of amides is 3. The smallest absolute Gasteiger partial charge is 0.345 e. The third kappa shape index (κ3) is 5.26. The summed E-state index contributed by atoms with van der Waals surface area (Å²) < 4.78 is 53.6. The molecule has 0 aliphatic carbocycles. The summed E-state index contributed by atoms with van der Waals surface area (Å²) >= 11 is 0. The van der Waals surface area contributed by atoms with E-state index in [1.807, 2.05) is 30.3 Å². The van der Waals surface area contributed by atoms with Crippen LogP contribution in [0.2, 0.25) is 0 Å². The van der Waals surface area contributed by atoms with Crippen molar-refractivity contribution in [3.05, 3.63) is 71.0 Å². The summed E-state index contributed by atoms with van der Waals surface area (Å²) in [6, 6.07) is 10.1. The van der Waals surface area contributed by atoms with Gasteiger partial charge in [0, 0.05) is 32.1 Å². The Morgan fingerprint density at radius 2 is 1.68 bits per heavy atom. The quantitative estimate of drug-likeness (QED) is 0.577. The van der Waals surface area contributed by atoms with Crippen molar-refractivity contribution in [3.8, 4) is 0 Å². The second kappa shape index (κ2) is 10.4. The first-order valence-electron chi connectivity index (χ1n) is 12.6. The first-order valence-corrected chi connectivity index (χ1v) is 12.6. The first kappa shape index (κ1) is 27.6. The number of rotatable bonds is 5. The number of hydrogen-bond acceptors (Lipinski definition) is 3. The molecule has 2 aromatic rings. The fraction of sp³-hybridized carbons (Fsp3) is 0.464. The summed E-state index contributed by atoms with van der Waals surface area (Å²) in [6.45, 7) is 4.70. The van der Waals surface area contributed by atoms with E-state index < -0.39 is 41.0 Å². The fourth-order valence-electron chi connectivity index (χ4n) is 5.69. The van der Waals surface area contributed by atoms with Gasteiger partial charge in [-0.15, -0.1) is 0 Å². The number of alkyl halides is 3. The molecule has 0 radical (unpaired) electrons. The van der Waals surface area contributed by atoms with Gasteiger partial charge in [0.15, 0.2) is 0 Å². The summed E-state index contributed by atoms with van der Waals surface area (Å²) in [5, 5.41) is 2.46. The second-order valence-electron chi connectivity index (χ2n) is 10.6. The normalized spacial score (nSPS) is 20.2. The third-order valence-corrected chi connectivity index (χ3v) is 7.75. The molecule has 2 aliphatic heterocycles. The summed E-state index contributed by atoms with van der Waals surface area (Å²) in [5.41, 5.74) is -1.31. The van der Waals surface area contributed by atoms with Crippen LogP contribution >= 0.6 is 0 Å². The molecule has 0 saturated carbocycles. The van der Waals surface area contributed by atoms with E-state index in [0.717, 1.165) is 5.56 Å². The Bertz CT molecular complexity index is 1210. The Morgan fingerprint density at radius 1 is 1.05 bits per heavy atom. The monoisotopic (exact) mass is 533 g/mol. The van der Waals surface area contributed by atoms with Crippen molar-refractivity contribution in [1.82, 2.24) is 15.1 Å². The van der Waals surface area contributed by atoms with Crippen LogP contribution in [-0.2, 0) is 15.8 Å². The predicted molar refractivity (Wildman–Crippen MR) is 133 cm³/mol. The Labute approximate surface area is 219 Å². The van der Waals surface area contributed by atoms with Crippen molar-refractivity contribution in [2.24, 2.45) is 11.3 Å². The van der Waals surface area contributed by atoms with Crippen molar-refractivity contribution < 1.29 is 31.9 Å². The van der Waals surface area contributed by atoms with Crippen molar-refractivity contribution in [2.45, 2.75) is 44.8 Å². The molecular weight excluding hydrogens is 502 g/mol. The number of likely N-dealkylation sites (N-methyl/N-ethyl adjacent to an activating group) is 1. The van der Waals surface area contributed by atoms with E-state index in [1.165, 1.54) is 0 Å². The molecule has 2 heterocycles. The Hall–Kier alpha value is -3.43. The zero-order chi connectivity index (χ0) is 27.8. The van der Waals surface area contributed by atoms with Gasteiger partial charge in [-0.25, -0.2) is 4.39 Å². The van der Waals surface area contributed by atoms with Gasteiger partial charge in [-0.1, -0.05) is 44.2 Å². The Morgan fingerprint density at radius 3 is 2.26 bits per heavy atom. The van der Waals surface area contributed by atoms with Gasteiger partial charge in [0.1, 0.15) is 11.9 Å². The van der Waals surface area contributed by atoms with E-state index >= 15 is 0 Å². The average molecular weight is 534 g/mol. The molecule has 2 saturated heterocycles. The van der Waals surface area contributed by atoms with E-state index in [4.69, 9.17) is 0 Å². The lowest BCUT2D eigenvalue weighted by atomic mass is 9.68. The molecular formula is C28H31F4N3O3. The van der Waals surface area contributed by atoms with Gasteiger partial charge < -0.3 is 15.1 Å². The van der Waals surface area contributed by atoms with Crippen LogP contribution in [0.25, 0.3) is 0 Å². The van der Waals surface area contributed by atoms with Crippen LogP contribution in [0, 0.1) is 17.2 Å². The van der Waals surface area contributed by atoms with Crippen molar-refractivity contribution in [1.29, 1.82) is 0 Å². The number of nitrogens with zero attached hydrogens (tertiary/aromatic N) is 2. The van der Waals surface area contributed by atoms with Crippen LogP contribution in [-0.4, -0.2) is 60.2 Å². The van der Waals surface area contributed by atoms with Crippen molar-refractivity contribution in [2.75, 3.05) is 26.7 Å². The number of benzene rings is 2. The molecule has 2 aromatic carbocycles.